The molecule has 0 unspecified atom stereocenters. The maximum absolute atomic E-state index is 12.8. The van der Waals surface area contributed by atoms with Gasteiger partial charge in [0.15, 0.2) is 17.4 Å². The maximum atomic E-state index is 12.8. The summed E-state index contributed by atoms with van der Waals surface area (Å²) in [4.78, 5) is 0. The van der Waals surface area contributed by atoms with Crippen molar-refractivity contribution in [3.05, 3.63) is 29.3 Å². The predicted molar refractivity (Wildman–Crippen MR) is 46.6 cm³/mol. The molecule has 3 nitrogen and oxygen atoms in total. The Hall–Kier alpha value is -1.20. The smallest absolute Gasteiger partial charge is 0.187 e. The average molecular weight is 203 g/mol. The summed E-state index contributed by atoms with van der Waals surface area (Å²) >= 11 is 0. The van der Waals surface area contributed by atoms with Crippen LogP contribution in [-0.2, 0) is 0 Å². The zero-order valence-corrected chi connectivity index (χ0v) is 7.54. The van der Waals surface area contributed by atoms with Gasteiger partial charge in [-0.05, 0) is 24.6 Å². The fraction of sp³-hybridized carbons (Fsp3) is 0.333. The van der Waals surface area contributed by atoms with Gasteiger partial charge in [-0.15, -0.1) is 0 Å². The molecule has 1 rings (SSSR count). The van der Waals surface area contributed by atoms with Crippen LogP contribution in [-0.4, -0.2) is 16.3 Å². The highest BCUT2D eigenvalue weighted by Crippen LogP contribution is 2.25. The summed E-state index contributed by atoms with van der Waals surface area (Å²) in [5, 5.41) is 17.9. The number of halogens is 2. The predicted octanol–water partition coefficient (Wildman–Crippen LogP) is 1.05. The van der Waals surface area contributed by atoms with Gasteiger partial charge in [0.25, 0.3) is 0 Å². The molecule has 78 valence electrons. The lowest BCUT2D eigenvalue weighted by Crippen LogP contribution is -2.23. The number of phenols is 1. The van der Waals surface area contributed by atoms with Crippen molar-refractivity contribution in [1.82, 2.24) is 0 Å². The Kier molecular flexibility index (Phi) is 3.03. The van der Waals surface area contributed by atoms with Gasteiger partial charge in [-0.2, -0.15) is 0 Å². The third-order valence-electron chi connectivity index (χ3n) is 1.94. The van der Waals surface area contributed by atoms with E-state index in [9.17, 15) is 8.78 Å². The standard InChI is InChI=1S/C9H11F2NO2/c1-4(13)8(12)5-2-6(10)9(14)7(11)3-5/h2-4,8,13-14H,12H2,1H3/t4-,8-/m1/s1. The summed E-state index contributed by atoms with van der Waals surface area (Å²) in [6, 6.07) is 0.922. The van der Waals surface area contributed by atoms with E-state index in [1.807, 2.05) is 0 Å². The van der Waals surface area contributed by atoms with Crippen LogP contribution < -0.4 is 5.73 Å². The Morgan fingerprint density at radius 1 is 1.29 bits per heavy atom. The first kappa shape index (κ1) is 10.9. The van der Waals surface area contributed by atoms with Crippen LogP contribution >= 0.6 is 0 Å². The number of benzene rings is 1. The number of hydrogen-bond donors (Lipinski definition) is 3. The highest BCUT2D eigenvalue weighted by atomic mass is 19.1. The van der Waals surface area contributed by atoms with Gasteiger partial charge in [-0.25, -0.2) is 8.78 Å². The van der Waals surface area contributed by atoms with Gasteiger partial charge in [-0.1, -0.05) is 0 Å². The molecule has 0 aliphatic heterocycles. The monoisotopic (exact) mass is 203 g/mol. The van der Waals surface area contributed by atoms with Crippen molar-refractivity contribution in [1.29, 1.82) is 0 Å². The largest absolute Gasteiger partial charge is 0.503 e. The molecular weight excluding hydrogens is 192 g/mol. The van der Waals surface area contributed by atoms with Crippen LogP contribution in [0.25, 0.3) is 0 Å². The Bertz CT molecular complexity index is 319. The van der Waals surface area contributed by atoms with Gasteiger partial charge in [0.2, 0.25) is 0 Å². The molecule has 1 aromatic carbocycles. The Morgan fingerprint density at radius 2 is 1.71 bits per heavy atom. The van der Waals surface area contributed by atoms with Crippen LogP contribution in [0.4, 0.5) is 8.78 Å². The summed E-state index contributed by atoms with van der Waals surface area (Å²) in [6.45, 7) is 1.41. The third kappa shape index (κ3) is 2.00. The second kappa shape index (κ2) is 3.89. The number of aromatic hydroxyl groups is 1. The lowest BCUT2D eigenvalue weighted by atomic mass is 10.0. The highest BCUT2D eigenvalue weighted by molar-refractivity contribution is 5.31. The number of nitrogens with two attached hydrogens (primary N) is 1. The normalized spacial score (nSPS) is 15.2. The van der Waals surface area contributed by atoms with Gasteiger partial charge in [0, 0.05) is 0 Å². The zero-order chi connectivity index (χ0) is 10.9. The van der Waals surface area contributed by atoms with Crippen LogP contribution in [0.5, 0.6) is 5.75 Å². The molecule has 0 spiro atoms. The van der Waals surface area contributed by atoms with E-state index in [0.29, 0.717) is 0 Å². The van der Waals surface area contributed by atoms with Crippen molar-refractivity contribution >= 4 is 0 Å². The first-order valence-electron chi connectivity index (χ1n) is 4.05. The quantitative estimate of drug-likeness (QED) is 0.673. The Morgan fingerprint density at radius 3 is 2.07 bits per heavy atom. The summed E-state index contributed by atoms with van der Waals surface area (Å²) in [7, 11) is 0. The average Bonchev–Trinajstić information content (AvgIpc) is 2.12. The SMILES string of the molecule is C[C@@H](O)[C@@H](N)c1cc(F)c(O)c(F)c1. The van der Waals surface area contributed by atoms with E-state index in [1.165, 1.54) is 6.92 Å². The molecule has 14 heavy (non-hydrogen) atoms. The van der Waals surface area contributed by atoms with Crippen molar-refractivity contribution < 1.29 is 19.0 Å². The first-order chi connectivity index (χ1) is 6.43. The van der Waals surface area contributed by atoms with E-state index in [0.717, 1.165) is 12.1 Å². The van der Waals surface area contributed by atoms with Gasteiger partial charge in [0.1, 0.15) is 0 Å². The second-order valence-electron chi connectivity index (χ2n) is 3.10. The van der Waals surface area contributed by atoms with Crippen molar-refractivity contribution in [3.8, 4) is 5.75 Å². The van der Waals surface area contributed by atoms with Gasteiger partial charge < -0.3 is 15.9 Å². The number of phenolic OH excluding ortho intramolecular Hbond substituents is 1. The summed E-state index contributed by atoms with van der Waals surface area (Å²) in [5.41, 5.74) is 5.57. The molecule has 1 aromatic rings. The number of hydrogen-bond acceptors (Lipinski definition) is 3. The lowest BCUT2D eigenvalue weighted by Gasteiger charge is -2.15. The first-order valence-corrected chi connectivity index (χ1v) is 4.05. The van der Waals surface area contributed by atoms with Gasteiger partial charge >= 0.3 is 0 Å². The minimum absolute atomic E-state index is 0.104. The van der Waals surface area contributed by atoms with Crippen molar-refractivity contribution in [2.45, 2.75) is 19.1 Å². The topological polar surface area (TPSA) is 66.5 Å². The summed E-state index contributed by atoms with van der Waals surface area (Å²) in [5.74, 6) is -3.21. The molecule has 5 heteroatoms. The van der Waals surface area contributed by atoms with E-state index in [4.69, 9.17) is 15.9 Å². The molecule has 0 radical (unpaired) electrons. The molecular formula is C9H11F2NO2. The molecule has 0 aliphatic rings. The molecule has 0 aromatic heterocycles. The van der Waals surface area contributed by atoms with Gasteiger partial charge in [-0.3, -0.25) is 0 Å². The van der Waals surface area contributed by atoms with E-state index < -0.39 is 29.5 Å². The second-order valence-corrected chi connectivity index (χ2v) is 3.10. The maximum Gasteiger partial charge on any atom is 0.187 e. The van der Waals surface area contributed by atoms with E-state index in [-0.39, 0.29) is 5.56 Å². The van der Waals surface area contributed by atoms with Crippen LogP contribution in [0.1, 0.15) is 18.5 Å². The highest BCUT2D eigenvalue weighted by Gasteiger charge is 2.17. The minimum atomic E-state index is -1.09. The number of aliphatic hydroxyl groups excluding tert-OH is 1. The van der Waals surface area contributed by atoms with Crippen molar-refractivity contribution in [3.63, 3.8) is 0 Å². The minimum Gasteiger partial charge on any atom is -0.503 e. The molecule has 0 bridgehead atoms. The Labute approximate surface area is 79.8 Å². The summed E-state index contributed by atoms with van der Waals surface area (Å²) in [6.07, 6.45) is -0.918. The van der Waals surface area contributed by atoms with E-state index >= 15 is 0 Å². The molecule has 0 saturated carbocycles. The summed E-state index contributed by atoms with van der Waals surface area (Å²) < 4.78 is 25.7. The van der Waals surface area contributed by atoms with Crippen molar-refractivity contribution in [2.24, 2.45) is 5.73 Å². The molecule has 0 fully saturated rings. The van der Waals surface area contributed by atoms with E-state index in [1.54, 1.807) is 0 Å². The fourth-order valence-electron chi connectivity index (χ4n) is 1.06. The van der Waals surface area contributed by atoms with Gasteiger partial charge in [0.05, 0.1) is 12.1 Å². The van der Waals surface area contributed by atoms with Crippen LogP contribution in [0.2, 0.25) is 0 Å². The number of aliphatic hydroxyl groups is 1. The fourth-order valence-corrected chi connectivity index (χ4v) is 1.06. The Balaban J connectivity index is 3.12. The van der Waals surface area contributed by atoms with Crippen LogP contribution in [0, 0.1) is 11.6 Å². The van der Waals surface area contributed by atoms with Crippen LogP contribution in [0.15, 0.2) is 12.1 Å². The molecule has 0 saturated heterocycles. The zero-order valence-electron chi connectivity index (χ0n) is 7.54. The number of rotatable bonds is 2. The molecule has 4 N–H and O–H groups in total. The molecule has 0 heterocycles. The molecule has 0 aliphatic carbocycles. The molecule has 0 amide bonds. The van der Waals surface area contributed by atoms with E-state index in [2.05, 4.69) is 0 Å². The van der Waals surface area contributed by atoms with Crippen LogP contribution in [0.3, 0.4) is 0 Å². The lowest BCUT2D eigenvalue weighted by molar-refractivity contribution is 0.164. The molecule has 2 atom stereocenters. The third-order valence-corrected chi connectivity index (χ3v) is 1.94. The van der Waals surface area contributed by atoms with Crippen molar-refractivity contribution in [2.75, 3.05) is 0 Å².